The molecule has 3 aromatic rings. The third-order valence-corrected chi connectivity index (χ3v) is 6.21. The maximum absolute atomic E-state index is 13.1. The third-order valence-electron chi connectivity index (χ3n) is 6.21. The van der Waals surface area contributed by atoms with Crippen LogP contribution in [0.5, 0.6) is 0 Å². The Bertz CT molecular complexity index is 1310. The zero-order valence-electron chi connectivity index (χ0n) is 22.8. The van der Waals surface area contributed by atoms with E-state index in [-0.39, 0.29) is 55.5 Å². The van der Waals surface area contributed by atoms with Gasteiger partial charge in [0.15, 0.2) is 5.78 Å². The highest BCUT2D eigenvalue weighted by Crippen LogP contribution is 2.18. The van der Waals surface area contributed by atoms with Gasteiger partial charge >= 0.3 is 0 Å². The Morgan fingerprint density at radius 1 is 0.923 bits per heavy atom. The summed E-state index contributed by atoms with van der Waals surface area (Å²) in [7, 11) is 0. The summed E-state index contributed by atoms with van der Waals surface area (Å²) in [6.07, 6.45) is 2.69. The fourth-order valence-corrected chi connectivity index (χ4v) is 4.33. The van der Waals surface area contributed by atoms with Crippen molar-refractivity contribution in [2.75, 3.05) is 6.54 Å². The summed E-state index contributed by atoms with van der Waals surface area (Å²) in [5.41, 5.74) is 1.55. The van der Waals surface area contributed by atoms with Crippen molar-refractivity contribution in [1.82, 2.24) is 15.6 Å². The molecule has 0 saturated carbocycles. The van der Waals surface area contributed by atoms with Gasteiger partial charge in [-0.3, -0.25) is 24.2 Å². The smallest absolute Gasteiger partial charge is 0.224 e. The quantitative estimate of drug-likeness (QED) is 0.239. The summed E-state index contributed by atoms with van der Waals surface area (Å²) >= 11 is 0. The number of carbonyl (C=O) groups is 4. The number of Topliss-reactive ketones (excluding diaryl/α,β-unsaturated/α-hetero) is 2. The highest BCUT2D eigenvalue weighted by Gasteiger charge is 2.26. The Morgan fingerprint density at radius 2 is 1.64 bits per heavy atom. The van der Waals surface area contributed by atoms with Gasteiger partial charge in [0.1, 0.15) is 11.6 Å². The van der Waals surface area contributed by atoms with Crippen LogP contribution in [0.3, 0.4) is 0 Å². The van der Waals surface area contributed by atoms with Gasteiger partial charge < -0.3 is 10.6 Å². The molecule has 7 nitrogen and oxygen atoms in total. The van der Waals surface area contributed by atoms with Crippen LogP contribution in [0, 0.1) is 11.7 Å². The van der Waals surface area contributed by atoms with Crippen LogP contribution in [0.2, 0.25) is 0 Å². The van der Waals surface area contributed by atoms with Crippen molar-refractivity contribution in [3.05, 3.63) is 77.7 Å². The SMILES string of the molecule is CC(C)(C)NC(=O)C[C@H](CC(=O)CCc1ccc(F)cc1)C(=O)NCCCC(=O)c1cccc2cccnc12. The Morgan fingerprint density at radius 3 is 2.36 bits per heavy atom. The summed E-state index contributed by atoms with van der Waals surface area (Å²) in [4.78, 5) is 55.4. The van der Waals surface area contributed by atoms with Gasteiger partial charge in [-0.2, -0.15) is 0 Å². The fraction of sp³-hybridized carbons (Fsp3) is 0.387. The highest BCUT2D eigenvalue weighted by molar-refractivity contribution is 6.06. The van der Waals surface area contributed by atoms with E-state index in [1.165, 1.54) is 12.1 Å². The van der Waals surface area contributed by atoms with Crippen LogP contribution < -0.4 is 10.6 Å². The molecule has 2 aromatic carbocycles. The molecule has 0 radical (unpaired) electrons. The summed E-state index contributed by atoms with van der Waals surface area (Å²) < 4.78 is 13.1. The second-order valence-electron chi connectivity index (χ2n) is 10.8. The number of nitrogens with zero attached hydrogens (tertiary/aromatic N) is 1. The Hall–Kier alpha value is -3.94. The van der Waals surface area contributed by atoms with Gasteiger partial charge in [0.25, 0.3) is 0 Å². The topological polar surface area (TPSA) is 105 Å². The molecule has 8 heteroatoms. The second-order valence-corrected chi connectivity index (χ2v) is 10.8. The maximum Gasteiger partial charge on any atom is 0.224 e. The molecule has 3 rings (SSSR count). The van der Waals surface area contributed by atoms with Crippen LogP contribution in [-0.2, 0) is 20.8 Å². The van der Waals surface area contributed by atoms with E-state index in [9.17, 15) is 23.6 Å². The molecule has 0 fully saturated rings. The number of nitrogens with one attached hydrogen (secondary N) is 2. The Balaban J connectivity index is 1.55. The molecule has 0 bridgehead atoms. The largest absolute Gasteiger partial charge is 0.356 e. The minimum atomic E-state index is -0.828. The molecule has 1 heterocycles. The number of hydrogen-bond donors (Lipinski definition) is 2. The van der Waals surface area contributed by atoms with Crippen molar-refractivity contribution in [1.29, 1.82) is 0 Å². The average molecular weight is 534 g/mol. The molecular weight excluding hydrogens is 497 g/mol. The Kier molecular flexibility index (Phi) is 10.4. The van der Waals surface area contributed by atoms with Crippen molar-refractivity contribution in [2.45, 2.75) is 64.8 Å². The van der Waals surface area contributed by atoms with Gasteiger partial charge in [0.2, 0.25) is 11.8 Å². The van der Waals surface area contributed by atoms with Crippen LogP contribution in [0.4, 0.5) is 4.39 Å². The lowest BCUT2D eigenvalue weighted by atomic mass is 9.94. The molecular formula is C31H36FN3O4. The predicted octanol–water partition coefficient (Wildman–Crippen LogP) is 4.97. The number of amides is 2. The fourth-order valence-electron chi connectivity index (χ4n) is 4.33. The normalized spacial score (nSPS) is 12.1. The van der Waals surface area contributed by atoms with Crippen molar-refractivity contribution >= 4 is 34.3 Å². The van der Waals surface area contributed by atoms with E-state index in [2.05, 4.69) is 15.6 Å². The monoisotopic (exact) mass is 533 g/mol. The average Bonchev–Trinajstić information content (AvgIpc) is 2.88. The van der Waals surface area contributed by atoms with E-state index in [0.717, 1.165) is 10.9 Å². The molecule has 0 aliphatic carbocycles. The van der Waals surface area contributed by atoms with Crippen LogP contribution in [0.15, 0.2) is 60.8 Å². The van der Waals surface area contributed by atoms with Gasteiger partial charge in [-0.25, -0.2) is 4.39 Å². The van der Waals surface area contributed by atoms with Gasteiger partial charge in [0.05, 0.1) is 11.4 Å². The molecule has 0 aliphatic rings. The molecule has 0 spiro atoms. The standard InChI is InChI=1S/C31H36FN3O4/c1-31(2,3)35-28(38)20-23(19-25(36)16-13-21-11-14-24(32)15-12-21)30(39)34-18-6-10-27(37)26-9-4-7-22-8-5-17-33-29(22)26/h4-5,7-9,11-12,14-15,17,23H,6,10,13,16,18-20H2,1-3H3,(H,34,39)(H,35,38)/t23-/m0/s1. The van der Waals surface area contributed by atoms with Gasteiger partial charge in [-0.15, -0.1) is 0 Å². The van der Waals surface area contributed by atoms with Crippen LogP contribution in [0.25, 0.3) is 10.9 Å². The van der Waals surface area contributed by atoms with Crippen LogP contribution in [-0.4, -0.2) is 40.4 Å². The number of carbonyl (C=O) groups excluding carboxylic acids is 4. The van der Waals surface area contributed by atoms with Gasteiger partial charge in [-0.1, -0.05) is 30.3 Å². The van der Waals surface area contributed by atoms with E-state index in [0.29, 0.717) is 23.9 Å². The first-order valence-corrected chi connectivity index (χ1v) is 13.2. The predicted molar refractivity (Wildman–Crippen MR) is 149 cm³/mol. The highest BCUT2D eigenvalue weighted by atomic mass is 19.1. The summed E-state index contributed by atoms with van der Waals surface area (Å²) in [6, 6.07) is 15.1. The zero-order chi connectivity index (χ0) is 28.4. The molecule has 0 saturated heterocycles. The van der Waals surface area contributed by atoms with E-state index in [1.807, 2.05) is 45.0 Å². The molecule has 0 unspecified atom stereocenters. The first-order valence-electron chi connectivity index (χ1n) is 13.2. The summed E-state index contributed by atoms with van der Waals surface area (Å²) in [5.74, 6) is -2.10. The molecule has 206 valence electrons. The lowest BCUT2D eigenvalue weighted by Crippen LogP contribution is -2.43. The van der Waals surface area contributed by atoms with E-state index < -0.39 is 17.4 Å². The second kappa shape index (κ2) is 13.7. The number of halogens is 1. The lowest BCUT2D eigenvalue weighted by molar-refractivity contribution is -0.133. The minimum absolute atomic E-state index is 0.0642. The number of fused-ring (bicyclic) bond motifs is 1. The molecule has 2 N–H and O–H groups in total. The summed E-state index contributed by atoms with van der Waals surface area (Å²) in [5, 5.41) is 6.53. The van der Waals surface area contributed by atoms with Gasteiger partial charge in [0, 0.05) is 54.9 Å². The number of hydrogen-bond acceptors (Lipinski definition) is 5. The Labute approximate surface area is 228 Å². The van der Waals surface area contributed by atoms with Crippen molar-refractivity contribution in [2.24, 2.45) is 5.92 Å². The van der Waals surface area contributed by atoms with E-state index >= 15 is 0 Å². The number of pyridine rings is 1. The third kappa shape index (κ3) is 9.71. The minimum Gasteiger partial charge on any atom is -0.356 e. The number of para-hydroxylation sites is 1. The first-order chi connectivity index (χ1) is 18.5. The number of aromatic nitrogens is 1. The van der Waals surface area contributed by atoms with Crippen LogP contribution in [0.1, 0.15) is 68.8 Å². The number of ketones is 2. The number of aryl methyl sites for hydroxylation is 1. The zero-order valence-corrected chi connectivity index (χ0v) is 22.8. The van der Waals surface area contributed by atoms with E-state index in [1.54, 1.807) is 24.4 Å². The number of rotatable bonds is 13. The molecule has 1 atom stereocenters. The van der Waals surface area contributed by atoms with E-state index in [4.69, 9.17) is 0 Å². The molecule has 39 heavy (non-hydrogen) atoms. The van der Waals surface area contributed by atoms with Crippen molar-refractivity contribution in [3.8, 4) is 0 Å². The number of benzene rings is 2. The van der Waals surface area contributed by atoms with Crippen molar-refractivity contribution < 1.29 is 23.6 Å². The summed E-state index contributed by atoms with van der Waals surface area (Å²) in [6.45, 7) is 5.77. The molecule has 1 aromatic heterocycles. The lowest BCUT2D eigenvalue weighted by Gasteiger charge is -2.23. The van der Waals surface area contributed by atoms with Crippen molar-refractivity contribution in [3.63, 3.8) is 0 Å². The van der Waals surface area contributed by atoms with Crippen LogP contribution >= 0.6 is 0 Å². The molecule has 2 amide bonds. The van der Waals surface area contributed by atoms with Gasteiger partial charge in [-0.05, 0) is 63.4 Å². The maximum atomic E-state index is 13.1. The first kappa shape index (κ1) is 29.6. The molecule has 0 aliphatic heterocycles.